The third kappa shape index (κ3) is 4.86. The standard InChI is InChI=1S/C37H42O2/c1-7-9-19-38-29-13-17-33(27(5)23-29)37(34-18-14-30(24-28(34)6)39-20-10-8-2)35-21-25(3)11-15-31(35)32-16-12-26(4)22-36(32)37/h11-18,21-24H,7-10,19-20H2,1-6H3. The molecule has 0 heterocycles. The molecule has 4 aromatic rings. The first kappa shape index (κ1) is 27.1. The average Bonchev–Trinajstić information content (AvgIpc) is 3.18. The lowest BCUT2D eigenvalue weighted by Crippen LogP contribution is -2.30. The van der Waals surface area contributed by atoms with Crippen LogP contribution in [0.3, 0.4) is 0 Å². The normalized spacial score (nSPS) is 13.2. The molecule has 0 radical (unpaired) electrons. The summed E-state index contributed by atoms with van der Waals surface area (Å²) in [7, 11) is 0. The average molecular weight is 519 g/mol. The van der Waals surface area contributed by atoms with Crippen molar-refractivity contribution in [3.8, 4) is 22.6 Å². The Morgan fingerprint density at radius 1 is 0.513 bits per heavy atom. The van der Waals surface area contributed by atoms with E-state index in [1.54, 1.807) is 0 Å². The lowest BCUT2D eigenvalue weighted by Gasteiger charge is -2.37. The van der Waals surface area contributed by atoms with E-state index in [0.717, 1.165) is 50.4 Å². The third-order valence-corrected chi connectivity index (χ3v) is 8.19. The van der Waals surface area contributed by atoms with Crippen molar-refractivity contribution in [1.82, 2.24) is 0 Å². The van der Waals surface area contributed by atoms with Gasteiger partial charge in [0.1, 0.15) is 11.5 Å². The van der Waals surface area contributed by atoms with Crippen LogP contribution in [0.2, 0.25) is 0 Å². The van der Waals surface area contributed by atoms with Gasteiger partial charge in [-0.2, -0.15) is 0 Å². The van der Waals surface area contributed by atoms with E-state index >= 15 is 0 Å². The van der Waals surface area contributed by atoms with E-state index in [1.807, 2.05) is 0 Å². The molecule has 1 aliphatic carbocycles. The zero-order valence-electron chi connectivity index (χ0n) is 24.5. The van der Waals surface area contributed by atoms with Crippen LogP contribution in [0.15, 0.2) is 72.8 Å². The zero-order valence-corrected chi connectivity index (χ0v) is 24.5. The SMILES string of the molecule is CCCCOc1ccc(C2(c3ccc(OCCCC)cc3C)c3cc(C)ccc3-c3ccc(C)cc32)c(C)c1. The quantitative estimate of drug-likeness (QED) is 0.171. The third-order valence-electron chi connectivity index (χ3n) is 8.19. The van der Waals surface area contributed by atoms with Gasteiger partial charge in [-0.15, -0.1) is 0 Å². The Labute approximate surface area is 235 Å². The molecule has 0 saturated heterocycles. The van der Waals surface area contributed by atoms with Crippen LogP contribution in [0.1, 0.15) is 84.0 Å². The van der Waals surface area contributed by atoms with Gasteiger partial charge in [-0.05, 0) is 109 Å². The lowest BCUT2D eigenvalue weighted by atomic mass is 9.65. The minimum atomic E-state index is -0.430. The largest absolute Gasteiger partial charge is 0.494 e. The van der Waals surface area contributed by atoms with E-state index in [0.29, 0.717) is 0 Å². The van der Waals surface area contributed by atoms with Crippen LogP contribution in [0.25, 0.3) is 11.1 Å². The molecule has 0 saturated carbocycles. The molecule has 0 aliphatic heterocycles. The molecule has 5 rings (SSSR count). The molecule has 0 aromatic heterocycles. The molecule has 2 nitrogen and oxygen atoms in total. The Bertz CT molecular complexity index is 1370. The predicted octanol–water partition coefficient (Wildman–Crippen LogP) is 9.64. The number of hydrogen-bond acceptors (Lipinski definition) is 2. The molecule has 39 heavy (non-hydrogen) atoms. The summed E-state index contributed by atoms with van der Waals surface area (Å²) in [4.78, 5) is 0. The lowest BCUT2D eigenvalue weighted by molar-refractivity contribution is 0.309. The Morgan fingerprint density at radius 2 is 0.949 bits per heavy atom. The summed E-state index contributed by atoms with van der Waals surface area (Å²) < 4.78 is 12.3. The molecule has 4 aromatic carbocycles. The van der Waals surface area contributed by atoms with Gasteiger partial charge >= 0.3 is 0 Å². The van der Waals surface area contributed by atoms with Gasteiger partial charge in [0.25, 0.3) is 0 Å². The zero-order chi connectivity index (χ0) is 27.6. The van der Waals surface area contributed by atoms with Crippen LogP contribution in [-0.2, 0) is 5.41 Å². The fraction of sp³-hybridized carbons (Fsp3) is 0.351. The number of ether oxygens (including phenoxy) is 2. The Balaban J connectivity index is 1.78. The highest BCUT2D eigenvalue weighted by Crippen LogP contribution is 2.58. The summed E-state index contributed by atoms with van der Waals surface area (Å²) in [6.45, 7) is 14.8. The van der Waals surface area contributed by atoms with E-state index in [-0.39, 0.29) is 0 Å². The van der Waals surface area contributed by atoms with Crippen molar-refractivity contribution < 1.29 is 9.47 Å². The highest BCUT2D eigenvalue weighted by Gasteiger charge is 2.47. The second-order valence-electron chi connectivity index (χ2n) is 11.2. The fourth-order valence-corrected chi connectivity index (χ4v) is 6.24. The molecule has 0 N–H and O–H groups in total. The maximum absolute atomic E-state index is 6.13. The van der Waals surface area contributed by atoms with Crippen molar-refractivity contribution in [3.05, 3.63) is 117 Å². The summed E-state index contributed by atoms with van der Waals surface area (Å²) in [5.74, 6) is 1.89. The first-order valence-electron chi connectivity index (χ1n) is 14.6. The predicted molar refractivity (Wildman–Crippen MR) is 163 cm³/mol. The number of aryl methyl sites for hydroxylation is 4. The number of benzene rings is 4. The fourth-order valence-electron chi connectivity index (χ4n) is 6.24. The highest BCUT2D eigenvalue weighted by atomic mass is 16.5. The van der Waals surface area contributed by atoms with Gasteiger partial charge in [0, 0.05) is 0 Å². The van der Waals surface area contributed by atoms with E-state index in [1.165, 1.54) is 55.6 Å². The molecule has 0 bridgehead atoms. The van der Waals surface area contributed by atoms with E-state index in [4.69, 9.17) is 9.47 Å². The minimum absolute atomic E-state index is 0.430. The van der Waals surface area contributed by atoms with Crippen LogP contribution in [-0.4, -0.2) is 13.2 Å². The Kier molecular flexibility index (Phi) is 7.84. The summed E-state index contributed by atoms with van der Waals surface area (Å²) in [5, 5.41) is 0. The molecular formula is C37H42O2. The number of fused-ring (bicyclic) bond motifs is 3. The molecule has 0 atom stereocenters. The van der Waals surface area contributed by atoms with Gasteiger partial charge in [0.15, 0.2) is 0 Å². The van der Waals surface area contributed by atoms with Crippen molar-refractivity contribution >= 4 is 0 Å². The van der Waals surface area contributed by atoms with Crippen molar-refractivity contribution in [2.45, 2.75) is 72.6 Å². The number of rotatable bonds is 10. The molecular weight excluding hydrogens is 476 g/mol. The first-order valence-corrected chi connectivity index (χ1v) is 14.6. The molecule has 202 valence electrons. The Morgan fingerprint density at radius 3 is 1.33 bits per heavy atom. The monoisotopic (exact) mass is 518 g/mol. The van der Waals surface area contributed by atoms with E-state index in [9.17, 15) is 0 Å². The summed E-state index contributed by atoms with van der Waals surface area (Å²) >= 11 is 0. The molecule has 2 heteroatoms. The van der Waals surface area contributed by atoms with Crippen molar-refractivity contribution in [2.24, 2.45) is 0 Å². The van der Waals surface area contributed by atoms with Crippen molar-refractivity contribution in [1.29, 1.82) is 0 Å². The molecule has 0 fully saturated rings. The van der Waals surface area contributed by atoms with Crippen molar-refractivity contribution in [3.63, 3.8) is 0 Å². The smallest absolute Gasteiger partial charge is 0.119 e. The maximum Gasteiger partial charge on any atom is 0.119 e. The molecule has 0 unspecified atom stereocenters. The molecule has 0 amide bonds. The van der Waals surface area contributed by atoms with Crippen LogP contribution in [0.5, 0.6) is 11.5 Å². The van der Waals surface area contributed by atoms with Gasteiger partial charge < -0.3 is 9.47 Å². The molecule has 1 aliphatic rings. The second-order valence-corrected chi connectivity index (χ2v) is 11.2. The maximum atomic E-state index is 6.13. The topological polar surface area (TPSA) is 18.5 Å². The van der Waals surface area contributed by atoms with Gasteiger partial charge in [0.2, 0.25) is 0 Å². The van der Waals surface area contributed by atoms with Gasteiger partial charge in [-0.3, -0.25) is 0 Å². The summed E-state index contributed by atoms with van der Waals surface area (Å²) in [6.07, 6.45) is 4.39. The highest BCUT2D eigenvalue weighted by molar-refractivity contribution is 5.87. The Hall–Kier alpha value is -3.52. The summed E-state index contributed by atoms with van der Waals surface area (Å²) in [6, 6.07) is 27.3. The summed E-state index contributed by atoms with van der Waals surface area (Å²) in [5.41, 5.74) is 12.6. The van der Waals surface area contributed by atoms with E-state index in [2.05, 4.69) is 114 Å². The molecule has 0 spiro atoms. The van der Waals surface area contributed by atoms with Gasteiger partial charge in [0.05, 0.1) is 18.6 Å². The minimum Gasteiger partial charge on any atom is -0.494 e. The number of unbranched alkanes of at least 4 members (excludes halogenated alkanes) is 2. The van der Waals surface area contributed by atoms with Crippen LogP contribution in [0, 0.1) is 27.7 Å². The van der Waals surface area contributed by atoms with Crippen LogP contribution in [0.4, 0.5) is 0 Å². The van der Waals surface area contributed by atoms with Crippen LogP contribution < -0.4 is 9.47 Å². The number of hydrogen-bond donors (Lipinski definition) is 0. The van der Waals surface area contributed by atoms with E-state index < -0.39 is 5.41 Å². The van der Waals surface area contributed by atoms with Crippen LogP contribution >= 0.6 is 0 Å². The van der Waals surface area contributed by atoms with Crippen molar-refractivity contribution in [2.75, 3.05) is 13.2 Å². The first-order chi connectivity index (χ1) is 18.9. The second kappa shape index (κ2) is 11.3. The van der Waals surface area contributed by atoms with Gasteiger partial charge in [-0.1, -0.05) is 86.3 Å². The van der Waals surface area contributed by atoms with Gasteiger partial charge in [-0.25, -0.2) is 0 Å².